The second-order valence-electron chi connectivity index (χ2n) is 5.10. The van der Waals surface area contributed by atoms with Gasteiger partial charge in [-0.2, -0.15) is 0 Å². The minimum atomic E-state index is -0.394. The van der Waals surface area contributed by atoms with Crippen LogP contribution in [-0.2, 0) is 13.1 Å². The molecule has 112 valence electrons. The molecule has 0 unspecified atom stereocenters. The molecule has 1 N–H and O–H groups in total. The molecule has 0 saturated heterocycles. The van der Waals surface area contributed by atoms with E-state index in [9.17, 15) is 10.1 Å². The fourth-order valence-corrected chi connectivity index (χ4v) is 2.59. The Morgan fingerprint density at radius 2 is 1.86 bits per heavy atom. The molecule has 1 heterocycles. The maximum absolute atomic E-state index is 10.7. The van der Waals surface area contributed by atoms with E-state index in [1.807, 2.05) is 20.8 Å². The molecule has 2 rings (SSSR count). The number of aromatic nitrogens is 2. The molecule has 0 aliphatic rings. The number of hydrogen-bond acceptors (Lipinski definition) is 3. The van der Waals surface area contributed by atoms with E-state index in [0.717, 1.165) is 22.8 Å². The highest BCUT2D eigenvalue weighted by atomic mass is 16.6. The van der Waals surface area contributed by atoms with Crippen molar-refractivity contribution in [1.82, 2.24) is 4.57 Å². The molecule has 6 heteroatoms. The van der Waals surface area contributed by atoms with Gasteiger partial charge in [0.25, 0.3) is 11.5 Å². The molecule has 21 heavy (non-hydrogen) atoms. The van der Waals surface area contributed by atoms with Gasteiger partial charge in [0, 0.05) is 32.9 Å². The summed E-state index contributed by atoms with van der Waals surface area (Å²) < 4.78 is 4.24. The molecule has 1 aromatic heterocycles. The van der Waals surface area contributed by atoms with E-state index in [2.05, 4.69) is 9.13 Å². The first kappa shape index (κ1) is 15.2. The lowest BCUT2D eigenvalue weighted by Gasteiger charge is -2.02. The summed E-state index contributed by atoms with van der Waals surface area (Å²) in [6.07, 6.45) is 0. The van der Waals surface area contributed by atoms with Gasteiger partial charge in [0.05, 0.1) is 11.5 Å². The number of imidazole rings is 1. The quantitative estimate of drug-likeness (QED) is 0.517. The molecule has 0 bridgehead atoms. The number of aliphatic hydroxyl groups excluding tert-OH is 1. The number of rotatable bonds is 5. The van der Waals surface area contributed by atoms with Crippen LogP contribution in [0.15, 0.2) is 24.3 Å². The summed E-state index contributed by atoms with van der Waals surface area (Å²) in [7, 11) is 0. The zero-order chi connectivity index (χ0) is 15.6. The van der Waals surface area contributed by atoms with Crippen molar-refractivity contribution in [1.29, 1.82) is 0 Å². The first-order chi connectivity index (χ1) is 9.95. The first-order valence-electron chi connectivity index (χ1n) is 6.86. The van der Waals surface area contributed by atoms with Crippen LogP contribution in [0.3, 0.4) is 0 Å². The standard InChI is InChI=1S/C15H20N3O3/c1-11-12(2)17(13(3)16(11)8-9-19)10-14-4-6-15(7-5-14)18(20)21/h4-7,19H,8-10H2,1-3H3/q+1. The van der Waals surface area contributed by atoms with Crippen molar-refractivity contribution in [3.8, 4) is 0 Å². The number of non-ortho nitro benzene ring substituents is 1. The third-order valence-corrected chi connectivity index (χ3v) is 3.93. The highest BCUT2D eigenvalue weighted by molar-refractivity contribution is 5.32. The van der Waals surface area contributed by atoms with E-state index >= 15 is 0 Å². The molecule has 0 aliphatic heterocycles. The Kier molecular flexibility index (Phi) is 4.37. The fraction of sp³-hybridized carbons (Fsp3) is 0.400. The summed E-state index contributed by atoms with van der Waals surface area (Å²) in [5, 5.41) is 19.8. The van der Waals surface area contributed by atoms with Crippen molar-refractivity contribution < 1.29 is 14.6 Å². The van der Waals surface area contributed by atoms with E-state index in [-0.39, 0.29) is 12.3 Å². The smallest absolute Gasteiger partial charge is 0.269 e. The Morgan fingerprint density at radius 1 is 1.24 bits per heavy atom. The Bertz CT molecular complexity index is 660. The lowest BCUT2D eigenvalue weighted by molar-refractivity contribution is -0.699. The van der Waals surface area contributed by atoms with Crippen molar-refractivity contribution in [2.75, 3.05) is 6.61 Å². The number of nitrogens with zero attached hydrogens (tertiary/aromatic N) is 3. The normalized spacial score (nSPS) is 10.9. The van der Waals surface area contributed by atoms with Crippen LogP contribution in [0.5, 0.6) is 0 Å². The third kappa shape index (κ3) is 2.95. The summed E-state index contributed by atoms with van der Waals surface area (Å²) in [6, 6.07) is 6.61. The van der Waals surface area contributed by atoms with E-state index in [1.165, 1.54) is 12.1 Å². The average Bonchev–Trinajstić information content (AvgIpc) is 2.66. The zero-order valence-electron chi connectivity index (χ0n) is 12.5. The molecule has 0 fully saturated rings. The molecule has 0 spiro atoms. The van der Waals surface area contributed by atoms with Gasteiger partial charge < -0.3 is 5.11 Å². The Labute approximate surface area is 123 Å². The monoisotopic (exact) mass is 290 g/mol. The summed E-state index contributed by atoms with van der Waals surface area (Å²) in [5.41, 5.74) is 3.38. The van der Waals surface area contributed by atoms with Gasteiger partial charge in [0.15, 0.2) is 0 Å². The van der Waals surface area contributed by atoms with Gasteiger partial charge in [-0.3, -0.25) is 10.1 Å². The molecule has 1 aromatic carbocycles. The highest BCUT2D eigenvalue weighted by Crippen LogP contribution is 2.13. The van der Waals surface area contributed by atoms with Crippen molar-refractivity contribution in [3.63, 3.8) is 0 Å². The predicted molar refractivity (Wildman–Crippen MR) is 78.1 cm³/mol. The Balaban J connectivity index is 2.31. The zero-order valence-corrected chi connectivity index (χ0v) is 12.5. The molecular weight excluding hydrogens is 270 g/mol. The first-order valence-corrected chi connectivity index (χ1v) is 6.86. The van der Waals surface area contributed by atoms with E-state index < -0.39 is 4.92 Å². The van der Waals surface area contributed by atoms with E-state index in [1.54, 1.807) is 12.1 Å². The van der Waals surface area contributed by atoms with Crippen molar-refractivity contribution in [3.05, 3.63) is 57.2 Å². The SMILES string of the molecule is Cc1c(C)[n+](Cc2ccc([N+](=O)[O-])cc2)c(C)n1CCO. The van der Waals surface area contributed by atoms with Gasteiger partial charge in [-0.15, -0.1) is 0 Å². The summed E-state index contributed by atoms with van der Waals surface area (Å²) in [6.45, 7) is 7.43. The molecule has 0 atom stereocenters. The molecule has 2 aromatic rings. The number of nitro groups is 1. The largest absolute Gasteiger partial charge is 0.392 e. The van der Waals surface area contributed by atoms with Crippen molar-refractivity contribution in [2.24, 2.45) is 0 Å². The van der Waals surface area contributed by atoms with E-state index in [4.69, 9.17) is 5.11 Å². The van der Waals surface area contributed by atoms with Crippen LogP contribution in [-0.4, -0.2) is 21.2 Å². The van der Waals surface area contributed by atoms with Crippen LogP contribution in [0.2, 0.25) is 0 Å². The molecular formula is C15H20N3O3+. The van der Waals surface area contributed by atoms with Gasteiger partial charge in [0.2, 0.25) is 0 Å². The van der Waals surface area contributed by atoms with Crippen LogP contribution in [0, 0.1) is 30.9 Å². The van der Waals surface area contributed by atoms with Crippen LogP contribution in [0.25, 0.3) is 0 Å². The second kappa shape index (κ2) is 6.05. The summed E-state index contributed by atoms with van der Waals surface area (Å²) in [4.78, 5) is 10.3. The number of nitro benzene ring substituents is 1. The highest BCUT2D eigenvalue weighted by Gasteiger charge is 2.21. The fourth-order valence-electron chi connectivity index (χ4n) is 2.59. The van der Waals surface area contributed by atoms with Crippen LogP contribution < -0.4 is 4.57 Å². The van der Waals surface area contributed by atoms with Crippen LogP contribution >= 0.6 is 0 Å². The molecule has 0 saturated carbocycles. The van der Waals surface area contributed by atoms with Gasteiger partial charge in [-0.25, -0.2) is 9.13 Å². The average molecular weight is 290 g/mol. The minimum absolute atomic E-state index is 0.103. The molecule has 6 nitrogen and oxygen atoms in total. The Hall–Kier alpha value is -2.21. The van der Waals surface area contributed by atoms with Crippen LogP contribution in [0.4, 0.5) is 5.69 Å². The molecule has 0 amide bonds. The van der Waals surface area contributed by atoms with Gasteiger partial charge in [0.1, 0.15) is 24.5 Å². The van der Waals surface area contributed by atoms with Gasteiger partial charge in [-0.1, -0.05) is 0 Å². The predicted octanol–water partition coefficient (Wildman–Crippen LogP) is 1.65. The van der Waals surface area contributed by atoms with Crippen LogP contribution in [0.1, 0.15) is 22.8 Å². The van der Waals surface area contributed by atoms with Crippen molar-refractivity contribution in [2.45, 2.75) is 33.9 Å². The number of aliphatic hydroxyl groups is 1. The maximum Gasteiger partial charge on any atom is 0.269 e. The van der Waals surface area contributed by atoms with Crippen molar-refractivity contribution >= 4 is 5.69 Å². The third-order valence-electron chi connectivity index (χ3n) is 3.93. The van der Waals surface area contributed by atoms with Gasteiger partial charge >= 0.3 is 0 Å². The minimum Gasteiger partial charge on any atom is -0.392 e. The second-order valence-corrected chi connectivity index (χ2v) is 5.10. The van der Waals surface area contributed by atoms with Gasteiger partial charge in [-0.05, 0) is 17.7 Å². The number of hydrogen-bond donors (Lipinski definition) is 1. The number of benzene rings is 1. The van der Waals surface area contributed by atoms with E-state index in [0.29, 0.717) is 13.1 Å². The molecule has 0 radical (unpaired) electrons. The Morgan fingerprint density at radius 3 is 2.38 bits per heavy atom. The topological polar surface area (TPSA) is 72.2 Å². The molecule has 0 aliphatic carbocycles. The summed E-state index contributed by atoms with van der Waals surface area (Å²) in [5.74, 6) is 1.07. The maximum atomic E-state index is 10.7. The lowest BCUT2D eigenvalue weighted by Crippen LogP contribution is -2.39. The lowest BCUT2D eigenvalue weighted by atomic mass is 10.2. The summed E-state index contributed by atoms with van der Waals surface area (Å²) >= 11 is 0.